The van der Waals surface area contributed by atoms with Gasteiger partial charge in [0.1, 0.15) is 12.2 Å². The number of ether oxygens (including phenoxy) is 2. The first-order chi connectivity index (χ1) is 19.0. The zero-order chi connectivity index (χ0) is 28.1. The average Bonchev–Trinajstić information content (AvgIpc) is 3.21. The Kier molecular flexibility index (Phi) is 16.1. The van der Waals surface area contributed by atoms with E-state index in [0.717, 1.165) is 38.5 Å². The molecule has 0 aromatic carbocycles. The van der Waals surface area contributed by atoms with E-state index in [9.17, 15) is 19.8 Å². The van der Waals surface area contributed by atoms with Gasteiger partial charge in [0.05, 0.1) is 5.56 Å². The Morgan fingerprint density at radius 1 is 0.974 bits per heavy atom. The molecule has 4 unspecified atom stereocenters. The van der Waals surface area contributed by atoms with Crippen molar-refractivity contribution in [3.8, 4) is 0 Å². The summed E-state index contributed by atoms with van der Waals surface area (Å²) in [6, 6.07) is 3.12. The number of nitrogens with one attached hydrogen (secondary N) is 1. The van der Waals surface area contributed by atoms with Crippen LogP contribution in [0.15, 0.2) is 85.3 Å². The minimum absolute atomic E-state index is 0.000387. The largest absolute Gasteiger partial charge is 0.453 e. The van der Waals surface area contributed by atoms with Crippen molar-refractivity contribution in [2.45, 2.75) is 82.9 Å². The first-order valence-electron chi connectivity index (χ1n) is 13.7. The molecule has 2 rings (SSSR count). The third kappa shape index (κ3) is 13.3. The van der Waals surface area contributed by atoms with Gasteiger partial charge in [0.2, 0.25) is 5.91 Å². The molecule has 0 aliphatic carbocycles. The van der Waals surface area contributed by atoms with Crippen molar-refractivity contribution in [3.05, 3.63) is 90.9 Å². The molecule has 0 spiro atoms. The van der Waals surface area contributed by atoms with Crippen LogP contribution in [0.3, 0.4) is 0 Å². The topological polar surface area (TPSA) is 118 Å². The van der Waals surface area contributed by atoms with Crippen LogP contribution in [0.1, 0.15) is 68.6 Å². The second kappa shape index (κ2) is 19.7. The number of carbonyl (C=O) groups excluding carboxylic acids is 2. The molecule has 1 amide bonds. The summed E-state index contributed by atoms with van der Waals surface area (Å²) in [4.78, 5) is 28.4. The van der Waals surface area contributed by atoms with Crippen molar-refractivity contribution in [3.63, 3.8) is 0 Å². The van der Waals surface area contributed by atoms with Crippen molar-refractivity contribution >= 4 is 11.9 Å². The number of aliphatic hydroxyl groups excluding tert-OH is 2. The number of allylic oxidation sites excluding steroid dienone is 10. The summed E-state index contributed by atoms with van der Waals surface area (Å²) in [6.45, 7) is 2.13. The summed E-state index contributed by atoms with van der Waals surface area (Å²) >= 11 is 0. The number of amides is 1. The molecule has 1 saturated heterocycles. The van der Waals surface area contributed by atoms with Crippen molar-refractivity contribution in [2.24, 2.45) is 0 Å². The number of esters is 1. The van der Waals surface area contributed by atoms with Crippen molar-refractivity contribution in [1.29, 1.82) is 0 Å². The molecule has 1 aliphatic heterocycles. The fourth-order valence-electron chi connectivity index (χ4n) is 3.76. The van der Waals surface area contributed by atoms with Gasteiger partial charge in [-0.3, -0.25) is 9.78 Å². The van der Waals surface area contributed by atoms with Crippen LogP contribution in [0.2, 0.25) is 0 Å². The van der Waals surface area contributed by atoms with Crippen molar-refractivity contribution < 1.29 is 29.3 Å². The summed E-state index contributed by atoms with van der Waals surface area (Å²) in [7, 11) is 0. The van der Waals surface area contributed by atoms with E-state index < -0.39 is 30.6 Å². The quantitative estimate of drug-likeness (QED) is 0.149. The molecule has 0 bridgehead atoms. The highest BCUT2D eigenvalue weighted by molar-refractivity contribution is 5.89. The fraction of sp³-hybridized carbons (Fsp3) is 0.452. The molecule has 2 heterocycles. The summed E-state index contributed by atoms with van der Waals surface area (Å²) in [5, 5.41) is 22.7. The highest BCUT2D eigenvalue weighted by Crippen LogP contribution is 2.23. The third-order valence-electron chi connectivity index (χ3n) is 5.88. The van der Waals surface area contributed by atoms with Crippen LogP contribution in [0.4, 0.5) is 0 Å². The first kappa shape index (κ1) is 31.9. The lowest BCUT2D eigenvalue weighted by Crippen LogP contribution is -2.42. The van der Waals surface area contributed by atoms with Crippen molar-refractivity contribution in [1.82, 2.24) is 10.3 Å². The summed E-state index contributed by atoms with van der Waals surface area (Å²) in [5.74, 6) is -0.877. The Morgan fingerprint density at radius 2 is 1.59 bits per heavy atom. The van der Waals surface area contributed by atoms with Crippen LogP contribution in [0.5, 0.6) is 0 Å². The Morgan fingerprint density at radius 3 is 2.18 bits per heavy atom. The van der Waals surface area contributed by atoms with E-state index in [1.807, 2.05) is 0 Å². The zero-order valence-electron chi connectivity index (χ0n) is 22.7. The predicted molar refractivity (Wildman–Crippen MR) is 152 cm³/mol. The van der Waals surface area contributed by atoms with Gasteiger partial charge in [0.25, 0.3) is 0 Å². The van der Waals surface area contributed by atoms with Gasteiger partial charge in [0, 0.05) is 25.4 Å². The number of hydrogen-bond acceptors (Lipinski definition) is 7. The van der Waals surface area contributed by atoms with E-state index in [2.05, 4.69) is 78.0 Å². The molecule has 8 heteroatoms. The molecular formula is C31H42N2O6. The number of hydrogen-bond donors (Lipinski definition) is 3. The second-order valence-electron chi connectivity index (χ2n) is 9.07. The second-order valence-corrected chi connectivity index (χ2v) is 9.07. The fourth-order valence-corrected chi connectivity index (χ4v) is 3.76. The minimum atomic E-state index is -1.51. The molecule has 0 saturated carbocycles. The van der Waals surface area contributed by atoms with Crippen LogP contribution < -0.4 is 5.32 Å². The SMILES string of the molecule is CC/C=C\C/C=C\C/C=C\C/C=C\C/C=C\CCCC(=O)NCC1OC(O)C(O)C1OC(=O)c1cccnc1. The Balaban J connectivity index is 1.56. The number of carbonyl (C=O) groups is 2. The van der Waals surface area contributed by atoms with Crippen LogP contribution in [0.25, 0.3) is 0 Å². The lowest BCUT2D eigenvalue weighted by atomic mass is 10.1. The van der Waals surface area contributed by atoms with E-state index in [1.165, 1.54) is 18.5 Å². The smallest absolute Gasteiger partial charge is 0.340 e. The van der Waals surface area contributed by atoms with E-state index in [1.54, 1.807) is 6.07 Å². The molecule has 1 aromatic heterocycles. The maximum absolute atomic E-state index is 12.3. The molecule has 3 N–H and O–H groups in total. The van der Waals surface area contributed by atoms with Crippen molar-refractivity contribution in [2.75, 3.05) is 6.54 Å². The third-order valence-corrected chi connectivity index (χ3v) is 5.88. The van der Waals surface area contributed by atoms with E-state index >= 15 is 0 Å². The molecule has 4 atom stereocenters. The molecular weight excluding hydrogens is 496 g/mol. The predicted octanol–water partition coefficient (Wildman–Crippen LogP) is 4.72. The van der Waals surface area contributed by atoms with E-state index in [-0.39, 0.29) is 18.0 Å². The van der Waals surface area contributed by atoms with Gasteiger partial charge in [-0.15, -0.1) is 0 Å². The molecule has 39 heavy (non-hydrogen) atoms. The zero-order valence-corrected chi connectivity index (χ0v) is 22.7. The van der Waals surface area contributed by atoms with Crippen LogP contribution in [-0.4, -0.2) is 58.2 Å². The van der Waals surface area contributed by atoms with Gasteiger partial charge in [-0.25, -0.2) is 4.79 Å². The molecule has 1 fully saturated rings. The molecule has 1 aromatic rings. The maximum Gasteiger partial charge on any atom is 0.340 e. The molecule has 212 valence electrons. The van der Waals surface area contributed by atoms with Gasteiger partial charge < -0.3 is 25.0 Å². The Labute approximate surface area is 231 Å². The normalized spacial score (nSPS) is 21.7. The Hall–Kier alpha value is -3.33. The van der Waals surface area contributed by atoms with Gasteiger partial charge >= 0.3 is 5.97 Å². The van der Waals surface area contributed by atoms with Crippen LogP contribution in [-0.2, 0) is 14.3 Å². The number of unbranched alkanes of at least 4 members (excludes halogenated alkanes) is 1. The molecule has 0 radical (unpaired) electrons. The number of rotatable bonds is 17. The van der Waals surface area contributed by atoms with E-state index in [4.69, 9.17) is 9.47 Å². The van der Waals surface area contributed by atoms with Gasteiger partial charge in [-0.2, -0.15) is 0 Å². The van der Waals surface area contributed by atoms with Gasteiger partial charge in [-0.1, -0.05) is 67.7 Å². The highest BCUT2D eigenvalue weighted by atomic mass is 16.7. The highest BCUT2D eigenvalue weighted by Gasteiger charge is 2.45. The number of aliphatic hydroxyl groups is 2. The lowest BCUT2D eigenvalue weighted by Gasteiger charge is -2.20. The Bertz CT molecular complexity index is 986. The standard InChI is InChI=1S/C31H42N2O6/c1-2-3-4-5-6-7-8-9-10-11-12-13-14-15-16-17-18-21-27(34)33-24-26-29(28(35)31(37)38-26)39-30(36)25-20-19-22-32-23-25/h3-4,6-7,9-10,12-13,15-16,19-20,22-23,26,28-29,31,35,37H,2,5,8,11,14,17-18,21,24H2,1H3,(H,33,34)/b4-3-,7-6-,10-9-,13-12-,16-15-. The lowest BCUT2D eigenvalue weighted by molar-refractivity contribution is -0.130. The maximum atomic E-state index is 12.3. The van der Waals surface area contributed by atoms with Gasteiger partial charge in [-0.05, 0) is 57.1 Å². The number of nitrogens with zero attached hydrogens (tertiary/aromatic N) is 1. The molecule has 8 nitrogen and oxygen atoms in total. The van der Waals surface area contributed by atoms with Gasteiger partial charge in [0.15, 0.2) is 12.4 Å². The summed E-state index contributed by atoms with van der Waals surface area (Å²) in [6.07, 6.45) is 26.0. The minimum Gasteiger partial charge on any atom is -0.453 e. The first-order valence-corrected chi connectivity index (χ1v) is 13.7. The number of pyridine rings is 1. The number of aromatic nitrogens is 1. The van der Waals surface area contributed by atoms with Crippen LogP contribution >= 0.6 is 0 Å². The van der Waals surface area contributed by atoms with Crippen LogP contribution in [0, 0.1) is 0 Å². The summed E-state index contributed by atoms with van der Waals surface area (Å²) in [5.41, 5.74) is 0.212. The monoisotopic (exact) mass is 538 g/mol. The molecule has 1 aliphatic rings. The average molecular weight is 539 g/mol. The summed E-state index contributed by atoms with van der Waals surface area (Å²) < 4.78 is 10.6. The van der Waals surface area contributed by atoms with E-state index in [0.29, 0.717) is 12.8 Å².